The lowest BCUT2D eigenvalue weighted by atomic mass is 10.2. The Morgan fingerprint density at radius 3 is 2.93 bits per heavy atom. The predicted octanol–water partition coefficient (Wildman–Crippen LogP) is 2.03. The Labute approximate surface area is 92.0 Å². The highest BCUT2D eigenvalue weighted by Gasteiger charge is 2.13. The highest BCUT2D eigenvalue weighted by Crippen LogP contribution is 2.23. The largest absolute Gasteiger partial charge is 0.478 e. The number of benzene rings is 1. The maximum absolute atomic E-state index is 11.3. The van der Waals surface area contributed by atoms with Gasteiger partial charge in [0.2, 0.25) is 0 Å². The van der Waals surface area contributed by atoms with Gasteiger partial charge in [-0.2, -0.15) is 5.26 Å². The average molecular weight is 226 g/mol. The van der Waals surface area contributed by atoms with Gasteiger partial charge < -0.3 is 9.47 Å². The van der Waals surface area contributed by atoms with Crippen LogP contribution in [0.15, 0.2) is 18.2 Å². The molecule has 0 unspecified atom stereocenters. The topological polar surface area (TPSA) is 59.3 Å². The number of hydrogen-bond acceptors (Lipinski definition) is 4. The average Bonchev–Trinajstić information content (AvgIpc) is 2.25. The Kier molecular flexibility index (Phi) is 3.95. The number of carbonyl (C=O) groups excluding carboxylic acids is 1. The minimum absolute atomic E-state index is 0.148. The van der Waals surface area contributed by atoms with Crippen molar-refractivity contribution in [2.75, 3.05) is 13.7 Å². The van der Waals surface area contributed by atoms with E-state index in [0.717, 1.165) is 0 Å². The molecule has 0 saturated heterocycles. The second-order valence-corrected chi connectivity index (χ2v) is 3.02. The van der Waals surface area contributed by atoms with Gasteiger partial charge in [-0.3, -0.25) is 0 Å². The van der Waals surface area contributed by atoms with E-state index in [2.05, 4.69) is 4.74 Å². The van der Waals surface area contributed by atoms with Crippen LogP contribution >= 0.6 is 11.6 Å². The lowest BCUT2D eigenvalue weighted by Gasteiger charge is -2.07. The van der Waals surface area contributed by atoms with E-state index >= 15 is 0 Å². The van der Waals surface area contributed by atoms with Gasteiger partial charge in [0.05, 0.1) is 7.11 Å². The van der Waals surface area contributed by atoms with Crippen LogP contribution in [0.4, 0.5) is 0 Å². The summed E-state index contributed by atoms with van der Waals surface area (Å²) in [5.41, 5.74) is 0.247. The molecule has 1 rings (SSSR count). The normalized spacial score (nSPS) is 9.13. The molecule has 0 N–H and O–H groups in total. The van der Waals surface area contributed by atoms with Crippen molar-refractivity contribution < 1.29 is 14.3 Å². The summed E-state index contributed by atoms with van der Waals surface area (Å²) in [6.07, 6.45) is 0. The minimum Gasteiger partial charge on any atom is -0.478 e. The summed E-state index contributed by atoms with van der Waals surface area (Å²) >= 11 is 5.73. The zero-order valence-corrected chi connectivity index (χ0v) is 8.75. The molecule has 0 spiro atoms. The van der Waals surface area contributed by atoms with Crippen LogP contribution in [0.5, 0.6) is 5.75 Å². The molecule has 15 heavy (non-hydrogen) atoms. The number of carbonyl (C=O) groups is 1. The van der Waals surface area contributed by atoms with Gasteiger partial charge in [-0.15, -0.1) is 0 Å². The first kappa shape index (κ1) is 11.3. The predicted molar refractivity (Wildman–Crippen MR) is 53.9 cm³/mol. The van der Waals surface area contributed by atoms with Gasteiger partial charge in [0, 0.05) is 5.02 Å². The zero-order valence-electron chi connectivity index (χ0n) is 7.99. The van der Waals surface area contributed by atoms with Crippen LogP contribution in [0.3, 0.4) is 0 Å². The Morgan fingerprint density at radius 1 is 1.60 bits per heavy atom. The van der Waals surface area contributed by atoms with E-state index in [4.69, 9.17) is 21.6 Å². The third-order valence-corrected chi connectivity index (χ3v) is 1.88. The molecule has 4 nitrogen and oxygen atoms in total. The van der Waals surface area contributed by atoms with E-state index in [0.29, 0.717) is 5.02 Å². The molecule has 5 heteroatoms. The highest BCUT2D eigenvalue weighted by atomic mass is 35.5. The molecule has 0 radical (unpaired) electrons. The summed E-state index contributed by atoms with van der Waals surface area (Å²) in [4.78, 5) is 11.3. The molecule has 0 saturated carbocycles. The number of methoxy groups -OCH3 is 1. The second kappa shape index (κ2) is 5.23. The van der Waals surface area contributed by atoms with Crippen LogP contribution in [-0.2, 0) is 4.74 Å². The fourth-order valence-electron chi connectivity index (χ4n) is 1.00. The van der Waals surface area contributed by atoms with Gasteiger partial charge in [0.25, 0.3) is 0 Å². The molecule has 0 atom stereocenters. The number of halogens is 1. The first-order valence-electron chi connectivity index (χ1n) is 4.06. The van der Waals surface area contributed by atoms with Crippen LogP contribution in [0.1, 0.15) is 10.4 Å². The van der Waals surface area contributed by atoms with Crippen molar-refractivity contribution in [3.8, 4) is 11.8 Å². The summed E-state index contributed by atoms with van der Waals surface area (Å²) in [5, 5.41) is 8.79. The van der Waals surface area contributed by atoms with Gasteiger partial charge in [-0.05, 0) is 18.2 Å². The zero-order chi connectivity index (χ0) is 11.3. The van der Waals surface area contributed by atoms with Gasteiger partial charge >= 0.3 is 5.97 Å². The van der Waals surface area contributed by atoms with E-state index in [9.17, 15) is 4.79 Å². The van der Waals surface area contributed by atoms with Crippen molar-refractivity contribution in [2.24, 2.45) is 0 Å². The highest BCUT2D eigenvalue weighted by molar-refractivity contribution is 6.30. The lowest BCUT2D eigenvalue weighted by molar-refractivity contribution is 0.0596. The third-order valence-electron chi connectivity index (χ3n) is 1.64. The van der Waals surface area contributed by atoms with Crippen LogP contribution in [0.25, 0.3) is 0 Å². The number of esters is 1. The van der Waals surface area contributed by atoms with E-state index < -0.39 is 5.97 Å². The van der Waals surface area contributed by atoms with Crippen LogP contribution in [0, 0.1) is 11.3 Å². The van der Waals surface area contributed by atoms with Gasteiger partial charge in [-0.25, -0.2) is 4.79 Å². The maximum Gasteiger partial charge on any atom is 0.341 e. The molecular weight excluding hydrogens is 218 g/mol. The van der Waals surface area contributed by atoms with Crippen molar-refractivity contribution in [1.29, 1.82) is 5.26 Å². The lowest BCUT2D eigenvalue weighted by Crippen LogP contribution is -2.05. The third kappa shape index (κ3) is 2.86. The quantitative estimate of drug-likeness (QED) is 0.739. The first-order chi connectivity index (χ1) is 7.19. The number of nitriles is 1. The molecule has 1 aromatic rings. The molecule has 1 aromatic carbocycles. The van der Waals surface area contributed by atoms with Crippen molar-refractivity contribution in [1.82, 2.24) is 0 Å². The summed E-state index contributed by atoms with van der Waals surface area (Å²) in [6.45, 7) is -0.148. The monoisotopic (exact) mass is 225 g/mol. The summed E-state index contributed by atoms with van der Waals surface area (Å²) < 4.78 is 9.60. The maximum atomic E-state index is 11.3. The molecule has 0 aliphatic rings. The van der Waals surface area contributed by atoms with E-state index in [1.165, 1.54) is 19.2 Å². The fourth-order valence-corrected chi connectivity index (χ4v) is 1.17. The molecular formula is C10H8ClNO3. The molecule has 0 aliphatic carbocycles. The van der Waals surface area contributed by atoms with Gasteiger partial charge in [-0.1, -0.05) is 11.6 Å². The summed E-state index contributed by atoms with van der Waals surface area (Å²) in [7, 11) is 1.27. The molecule has 0 fully saturated rings. The Balaban J connectivity index is 3.04. The standard InChI is InChI=1S/C10H8ClNO3/c1-14-10(13)8-3-2-7(11)6-9(8)15-5-4-12/h2-3,6H,5H2,1H3. The minimum atomic E-state index is -0.528. The molecule has 78 valence electrons. The SMILES string of the molecule is COC(=O)c1ccc(Cl)cc1OCC#N. The Bertz CT molecular complexity index is 412. The molecule has 0 aromatic heterocycles. The van der Waals surface area contributed by atoms with Crippen molar-refractivity contribution in [3.05, 3.63) is 28.8 Å². The number of hydrogen-bond donors (Lipinski definition) is 0. The number of ether oxygens (including phenoxy) is 2. The van der Waals surface area contributed by atoms with Crippen molar-refractivity contribution in [2.45, 2.75) is 0 Å². The number of nitrogens with zero attached hydrogens (tertiary/aromatic N) is 1. The van der Waals surface area contributed by atoms with E-state index in [1.807, 2.05) is 0 Å². The smallest absolute Gasteiger partial charge is 0.341 e. The molecule has 0 amide bonds. The molecule has 0 aliphatic heterocycles. The van der Waals surface area contributed by atoms with Gasteiger partial charge in [0.15, 0.2) is 6.61 Å². The van der Waals surface area contributed by atoms with Crippen molar-refractivity contribution in [3.63, 3.8) is 0 Å². The Morgan fingerprint density at radius 2 is 2.33 bits per heavy atom. The second-order valence-electron chi connectivity index (χ2n) is 2.58. The van der Waals surface area contributed by atoms with E-state index in [1.54, 1.807) is 12.1 Å². The number of rotatable bonds is 3. The summed E-state index contributed by atoms with van der Waals surface area (Å²) in [6, 6.07) is 6.30. The first-order valence-corrected chi connectivity index (χ1v) is 4.44. The van der Waals surface area contributed by atoms with Crippen LogP contribution in [-0.4, -0.2) is 19.7 Å². The fraction of sp³-hybridized carbons (Fsp3) is 0.200. The molecule has 0 bridgehead atoms. The Hall–Kier alpha value is -1.73. The van der Waals surface area contributed by atoms with Gasteiger partial charge in [0.1, 0.15) is 17.4 Å². The van der Waals surface area contributed by atoms with Crippen LogP contribution < -0.4 is 4.74 Å². The van der Waals surface area contributed by atoms with E-state index in [-0.39, 0.29) is 17.9 Å². The molecule has 0 heterocycles. The van der Waals surface area contributed by atoms with Crippen molar-refractivity contribution >= 4 is 17.6 Å². The van der Waals surface area contributed by atoms with Crippen LogP contribution in [0.2, 0.25) is 5.02 Å². The summed E-state index contributed by atoms with van der Waals surface area (Å²) in [5.74, 6) is -0.282.